The van der Waals surface area contributed by atoms with E-state index in [4.69, 9.17) is 21.1 Å². The van der Waals surface area contributed by atoms with Gasteiger partial charge in [-0.1, -0.05) is 0 Å². The van der Waals surface area contributed by atoms with Crippen LogP contribution < -0.4 is 5.73 Å². The number of nitrogens with two attached hydrogens (primary N) is 1. The molecule has 0 radical (unpaired) electrons. The fourth-order valence-electron chi connectivity index (χ4n) is 1.13. The molecule has 0 heterocycles. The van der Waals surface area contributed by atoms with E-state index in [-0.39, 0.29) is 12.0 Å². The number of primary amides is 1. The van der Waals surface area contributed by atoms with Gasteiger partial charge in [0.15, 0.2) is 0 Å². The van der Waals surface area contributed by atoms with Crippen LogP contribution >= 0.6 is 0 Å². The Morgan fingerprint density at radius 1 is 1.50 bits per heavy atom. The lowest BCUT2D eigenvalue weighted by Gasteiger charge is -2.26. The van der Waals surface area contributed by atoms with Crippen molar-refractivity contribution in [1.82, 2.24) is 0 Å². The van der Waals surface area contributed by atoms with Crippen LogP contribution in [0.3, 0.4) is 0 Å². The number of carbonyl (C=O) groups excluding carboxylic acids is 1. The van der Waals surface area contributed by atoms with Gasteiger partial charge in [-0.05, 0) is 6.08 Å². The van der Waals surface area contributed by atoms with Crippen molar-refractivity contribution in [2.75, 3.05) is 0 Å². The molecular weight excluding hydrogens is 162 g/mol. The average Bonchev–Trinajstić information content (AvgIpc) is 1.99. The van der Waals surface area contributed by atoms with E-state index in [1.165, 1.54) is 6.08 Å². The molecule has 68 valence electrons. The maximum Gasteiger partial charge on any atom is 0.244 e. The second-order valence-corrected chi connectivity index (χ2v) is 2.81. The van der Waals surface area contributed by atoms with Crippen molar-refractivity contribution < 1.29 is 20.1 Å². The van der Waals surface area contributed by atoms with Crippen LogP contribution in [0.4, 0.5) is 0 Å². The molecule has 0 fully saturated rings. The smallest absolute Gasteiger partial charge is 0.244 e. The average molecular weight is 173 g/mol. The fourth-order valence-corrected chi connectivity index (χ4v) is 1.13. The first-order valence-corrected chi connectivity index (χ1v) is 3.57. The molecule has 0 aliphatic heterocycles. The highest BCUT2D eigenvalue weighted by Gasteiger charge is 2.30. The van der Waals surface area contributed by atoms with Gasteiger partial charge in [-0.2, -0.15) is 0 Å². The number of rotatable bonds is 1. The first kappa shape index (κ1) is 9.18. The summed E-state index contributed by atoms with van der Waals surface area (Å²) < 4.78 is 0. The van der Waals surface area contributed by atoms with Gasteiger partial charge in [-0.25, -0.2) is 0 Å². The summed E-state index contributed by atoms with van der Waals surface area (Å²) >= 11 is 0. The quantitative estimate of drug-likeness (QED) is 0.364. The molecule has 0 saturated carbocycles. The Labute approximate surface area is 69.1 Å². The Balaban J connectivity index is 2.81. The molecule has 0 bridgehead atoms. The van der Waals surface area contributed by atoms with E-state index in [1.54, 1.807) is 0 Å². The van der Waals surface area contributed by atoms with E-state index in [2.05, 4.69) is 0 Å². The topological polar surface area (TPSA) is 104 Å². The molecule has 5 nitrogen and oxygen atoms in total. The van der Waals surface area contributed by atoms with Crippen molar-refractivity contribution in [3.8, 4) is 0 Å². The lowest BCUT2D eigenvalue weighted by molar-refractivity contribution is -0.116. The van der Waals surface area contributed by atoms with Gasteiger partial charge in [0.25, 0.3) is 0 Å². The van der Waals surface area contributed by atoms with Crippen molar-refractivity contribution in [3.63, 3.8) is 0 Å². The van der Waals surface area contributed by atoms with Gasteiger partial charge < -0.3 is 21.1 Å². The van der Waals surface area contributed by atoms with Crippen LogP contribution in [0.2, 0.25) is 0 Å². The van der Waals surface area contributed by atoms with Gasteiger partial charge in [0.2, 0.25) is 5.91 Å². The summed E-state index contributed by atoms with van der Waals surface area (Å²) in [5.74, 6) is -0.681. The number of aliphatic hydroxyl groups excluding tert-OH is 3. The first-order valence-electron chi connectivity index (χ1n) is 3.57. The zero-order valence-corrected chi connectivity index (χ0v) is 6.34. The standard InChI is InChI=1S/C7H11NO4/c8-7(12)3-1-4(9)6(11)5(10)2-3/h1,4-6,9-11H,2H2,(H2,8,12). The van der Waals surface area contributed by atoms with Crippen molar-refractivity contribution in [2.24, 2.45) is 5.73 Å². The van der Waals surface area contributed by atoms with E-state index in [1.807, 2.05) is 0 Å². The van der Waals surface area contributed by atoms with Gasteiger partial charge in [-0.3, -0.25) is 4.79 Å². The van der Waals surface area contributed by atoms with Gasteiger partial charge >= 0.3 is 0 Å². The third kappa shape index (κ3) is 1.63. The van der Waals surface area contributed by atoms with E-state index in [9.17, 15) is 4.79 Å². The van der Waals surface area contributed by atoms with Crippen LogP contribution in [0.1, 0.15) is 6.42 Å². The van der Waals surface area contributed by atoms with Crippen molar-refractivity contribution in [1.29, 1.82) is 0 Å². The minimum atomic E-state index is -1.23. The Hall–Kier alpha value is -0.910. The number of aliphatic hydroxyl groups is 3. The molecule has 3 unspecified atom stereocenters. The Kier molecular flexibility index (Phi) is 2.46. The van der Waals surface area contributed by atoms with Crippen LogP contribution in [-0.4, -0.2) is 39.5 Å². The molecule has 3 atom stereocenters. The lowest BCUT2D eigenvalue weighted by Crippen LogP contribution is -2.41. The second kappa shape index (κ2) is 3.22. The Morgan fingerprint density at radius 2 is 2.08 bits per heavy atom. The fraction of sp³-hybridized carbons (Fsp3) is 0.571. The SMILES string of the molecule is NC(=O)C1=CC(O)C(O)C(O)C1. The van der Waals surface area contributed by atoms with Gasteiger partial charge in [0, 0.05) is 12.0 Å². The summed E-state index contributed by atoms with van der Waals surface area (Å²) in [5.41, 5.74) is 5.08. The predicted molar refractivity (Wildman–Crippen MR) is 39.9 cm³/mol. The van der Waals surface area contributed by atoms with Crippen LogP contribution in [0.15, 0.2) is 11.6 Å². The summed E-state index contributed by atoms with van der Waals surface area (Å²) in [5, 5.41) is 27.2. The second-order valence-electron chi connectivity index (χ2n) is 2.81. The van der Waals surface area contributed by atoms with Crippen LogP contribution in [0.25, 0.3) is 0 Å². The molecular formula is C7H11NO4. The molecule has 0 aromatic carbocycles. The van der Waals surface area contributed by atoms with E-state index >= 15 is 0 Å². The number of hydrogen-bond donors (Lipinski definition) is 4. The molecule has 1 aliphatic carbocycles. The van der Waals surface area contributed by atoms with Gasteiger partial charge in [0.05, 0.1) is 6.10 Å². The monoisotopic (exact) mass is 173 g/mol. The third-order valence-corrected chi connectivity index (χ3v) is 1.86. The molecule has 5 N–H and O–H groups in total. The van der Waals surface area contributed by atoms with Crippen LogP contribution in [-0.2, 0) is 4.79 Å². The predicted octanol–water partition coefficient (Wildman–Crippen LogP) is -2.12. The minimum absolute atomic E-state index is 0.00639. The highest BCUT2D eigenvalue weighted by atomic mass is 16.4. The normalized spacial score (nSPS) is 35.9. The highest BCUT2D eigenvalue weighted by molar-refractivity contribution is 5.92. The van der Waals surface area contributed by atoms with Crippen molar-refractivity contribution in [3.05, 3.63) is 11.6 Å². The Morgan fingerprint density at radius 3 is 2.50 bits per heavy atom. The third-order valence-electron chi connectivity index (χ3n) is 1.86. The summed E-state index contributed by atoms with van der Waals surface area (Å²) in [7, 11) is 0. The molecule has 0 saturated heterocycles. The largest absolute Gasteiger partial charge is 0.390 e. The molecule has 1 amide bonds. The zero-order valence-electron chi connectivity index (χ0n) is 6.34. The van der Waals surface area contributed by atoms with E-state index in [0.29, 0.717) is 0 Å². The highest BCUT2D eigenvalue weighted by Crippen LogP contribution is 2.18. The Bertz CT molecular complexity index is 225. The molecule has 0 spiro atoms. The van der Waals surface area contributed by atoms with Crippen molar-refractivity contribution >= 4 is 5.91 Å². The molecule has 1 rings (SSSR count). The first-order chi connectivity index (χ1) is 5.52. The molecule has 0 aromatic heterocycles. The number of amides is 1. The molecule has 12 heavy (non-hydrogen) atoms. The molecule has 0 aromatic rings. The lowest BCUT2D eigenvalue weighted by atomic mass is 9.92. The summed E-state index contributed by atoms with van der Waals surface area (Å²) in [4.78, 5) is 10.6. The summed E-state index contributed by atoms with van der Waals surface area (Å²) in [6, 6.07) is 0. The minimum Gasteiger partial charge on any atom is -0.390 e. The van der Waals surface area contributed by atoms with Crippen LogP contribution in [0.5, 0.6) is 0 Å². The van der Waals surface area contributed by atoms with Gasteiger partial charge in [-0.15, -0.1) is 0 Å². The van der Waals surface area contributed by atoms with E-state index < -0.39 is 24.2 Å². The summed E-state index contributed by atoms with van der Waals surface area (Å²) in [6.45, 7) is 0. The molecule has 5 heteroatoms. The maximum atomic E-state index is 10.6. The van der Waals surface area contributed by atoms with Gasteiger partial charge in [0.1, 0.15) is 12.2 Å². The number of carbonyl (C=O) groups is 1. The molecule has 1 aliphatic rings. The van der Waals surface area contributed by atoms with Crippen LogP contribution in [0, 0.1) is 0 Å². The van der Waals surface area contributed by atoms with E-state index in [0.717, 1.165) is 0 Å². The zero-order chi connectivity index (χ0) is 9.30. The maximum absolute atomic E-state index is 10.6. The van der Waals surface area contributed by atoms with Crippen molar-refractivity contribution in [2.45, 2.75) is 24.7 Å². The number of hydrogen-bond acceptors (Lipinski definition) is 4. The summed E-state index contributed by atoms with van der Waals surface area (Å²) in [6.07, 6.45) is -2.40.